The Balaban J connectivity index is 1.76. The quantitative estimate of drug-likeness (QED) is 0.924. The van der Waals surface area contributed by atoms with Gasteiger partial charge in [0.15, 0.2) is 0 Å². The fraction of sp³-hybridized carbons (Fsp3) is 0.562. The first-order chi connectivity index (χ1) is 10.6. The van der Waals surface area contributed by atoms with Crippen LogP contribution in [0.4, 0.5) is 4.79 Å². The Labute approximate surface area is 130 Å². The molecule has 0 aliphatic carbocycles. The molecule has 0 unspecified atom stereocenters. The molecule has 2 heterocycles. The van der Waals surface area contributed by atoms with E-state index in [1.807, 2.05) is 18.7 Å². The molecule has 0 aromatic carbocycles. The summed E-state index contributed by atoms with van der Waals surface area (Å²) in [6, 6.07) is 3.51. The Morgan fingerprint density at radius 2 is 1.95 bits per heavy atom. The lowest BCUT2D eigenvalue weighted by molar-refractivity contribution is 0.0700. The lowest BCUT2D eigenvalue weighted by atomic mass is 10.0. The van der Waals surface area contributed by atoms with Gasteiger partial charge in [-0.3, -0.25) is 9.78 Å². The molecular formula is C16H23N3O3. The Morgan fingerprint density at radius 3 is 2.55 bits per heavy atom. The number of hydrogen-bond acceptors (Lipinski definition) is 4. The number of aromatic nitrogens is 1. The average molecular weight is 305 g/mol. The molecule has 1 fully saturated rings. The molecule has 1 saturated heterocycles. The van der Waals surface area contributed by atoms with Crippen molar-refractivity contribution < 1.29 is 14.3 Å². The summed E-state index contributed by atoms with van der Waals surface area (Å²) < 4.78 is 5.11. The van der Waals surface area contributed by atoms with E-state index in [1.54, 1.807) is 24.5 Å². The third-order valence-electron chi connectivity index (χ3n) is 3.58. The summed E-state index contributed by atoms with van der Waals surface area (Å²) in [6.07, 6.45) is 4.35. The van der Waals surface area contributed by atoms with Gasteiger partial charge >= 0.3 is 6.09 Å². The molecule has 0 atom stereocenters. The molecule has 1 N–H and O–H groups in total. The highest BCUT2D eigenvalue weighted by Crippen LogP contribution is 2.14. The van der Waals surface area contributed by atoms with Crippen LogP contribution in [0.25, 0.3) is 0 Å². The van der Waals surface area contributed by atoms with Crippen molar-refractivity contribution >= 4 is 12.0 Å². The van der Waals surface area contributed by atoms with Gasteiger partial charge in [0.05, 0.1) is 6.61 Å². The Morgan fingerprint density at radius 1 is 1.32 bits per heavy atom. The van der Waals surface area contributed by atoms with Gasteiger partial charge in [0.1, 0.15) is 0 Å². The van der Waals surface area contributed by atoms with E-state index in [0.717, 1.165) is 12.8 Å². The van der Waals surface area contributed by atoms with Gasteiger partial charge in [0, 0.05) is 37.1 Å². The van der Waals surface area contributed by atoms with Crippen LogP contribution in [-0.4, -0.2) is 47.6 Å². The van der Waals surface area contributed by atoms with Gasteiger partial charge in [0.2, 0.25) is 0 Å². The van der Waals surface area contributed by atoms with Crippen molar-refractivity contribution in [2.45, 2.75) is 32.7 Å². The van der Waals surface area contributed by atoms with Crippen LogP contribution in [-0.2, 0) is 4.74 Å². The molecule has 120 valence electrons. The van der Waals surface area contributed by atoms with Gasteiger partial charge in [-0.25, -0.2) is 4.79 Å². The van der Waals surface area contributed by atoms with Crippen molar-refractivity contribution in [3.63, 3.8) is 0 Å². The monoisotopic (exact) mass is 305 g/mol. The lowest BCUT2D eigenvalue weighted by Crippen LogP contribution is -2.46. The summed E-state index contributed by atoms with van der Waals surface area (Å²) in [4.78, 5) is 29.7. The van der Waals surface area contributed by atoms with Gasteiger partial charge in [0.25, 0.3) is 5.91 Å². The predicted octanol–water partition coefficient (Wildman–Crippen LogP) is 2.07. The summed E-state index contributed by atoms with van der Waals surface area (Å²) in [5.41, 5.74) is 0.651. The van der Waals surface area contributed by atoms with Crippen LogP contribution in [0.5, 0.6) is 0 Å². The molecule has 0 bridgehead atoms. The van der Waals surface area contributed by atoms with E-state index >= 15 is 0 Å². The molecule has 22 heavy (non-hydrogen) atoms. The number of hydrogen-bond donors (Lipinski definition) is 1. The van der Waals surface area contributed by atoms with Gasteiger partial charge < -0.3 is 15.0 Å². The lowest BCUT2D eigenvalue weighted by Gasteiger charge is -2.32. The second kappa shape index (κ2) is 7.77. The van der Waals surface area contributed by atoms with E-state index in [-0.39, 0.29) is 18.0 Å². The van der Waals surface area contributed by atoms with E-state index < -0.39 is 0 Å². The first-order valence-corrected chi connectivity index (χ1v) is 7.69. The molecule has 1 aromatic rings. The number of alkyl carbamates (subject to hydrolysis) is 1. The molecule has 2 rings (SSSR count). The fourth-order valence-electron chi connectivity index (χ4n) is 2.35. The standard InChI is InChI=1S/C16H23N3O3/c1-12(2)11-22-16(21)18-14-5-9-19(10-6-14)15(20)13-3-7-17-8-4-13/h3-4,7-8,12,14H,5-6,9-11H2,1-2H3,(H,18,21). The number of carbonyl (C=O) groups excluding carboxylic acids is 2. The number of pyridine rings is 1. The normalized spacial score (nSPS) is 15.7. The Bertz CT molecular complexity index is 497. The SMILES string of the molecule is CC(C)COC(=O)NC1CCN(C(=O)c2ccncc2)CC1. The number of ether oxygens (including phenoxy) is 1. The minimum atomic E-state index is -0.368. The van der Waals surface area contributed by atoms with Crippen molar-refractivity contribution in [3.8, 4) is 0 Å². The van der Waals surface area contributed by atoms with E-state index in [2.05, 4.69) is 10.3 Å². The van der Waals surface area contributed by atoms with Crippen LogP contribution >= 0.6 is 0 Å². The smallest absolute Gasteiger partial charge is 0.407 e. The molecule has 1 aliphatic rings. The second-order valence-corrected chi connectivity index (χ2v) is 5.94. The van der Waals surface area contributed by atoms with Crippen LogP contribution in [0.3, 0.4) is 0 Å². The zero-order valence-electron chi connectivity index (χ0n) is 13.1. The number of rotatable bonds is 4. The maximum atomic E-state index is 12.3. The Hall–Kier alpha value is -2.11. The summed E-state index contributed by atoms with van der Waals surface area (Å²) in [6.45, 7) is 5.69. The van der Waals surface area contributed by atoms with Crippen LogP contribution in [0.1, 0.15) is 37.0 Å². The van der Waals surface area contributed by atoms with Crippen LogP contribution in [0.15, 0.2) is 24.5 Å². The first kappa shape index (κ1) is 16.3. The highest BCUT2D eigenvalue weighted by Gasteiger charge is 2.24. The van der Waals surface area contributed by atoms with Crippen molar-refractivity contribution in [1.82, 2.24) is 15.2 Å². The number of nitrogens with zero attached hydrogens (tertiary/aromatic N) is 2. The van der Waals surface area contributed by atoms with Crippen LogP contribution in [0.2, 0.25) is 0 Å². The highest BCUT2D eigenvalue weighted by molar-refractivity contribution is 5.94. The largest absolute Gasteiger partial charge is 0.449 e. The summed E-state index contributed by atoms with van der Waals surface area (Å²) >= 11 is 0. The molecule has 6 heteroatoms. The maximum Gasteiger partial charge on any atom is 0.407 e. The second-order valence-electron chi connectivity index (χ2n) is 5.94. The highest BCUT2D eigenvalue weighted by atomic mass is 16.5. The van der Waals surface area contributed by atoms with Gasteiger partial charge in [-0.1, -0.05) is 13.8 Å². The zero-order valence-corrected chi connectivity index (χ0v) is 13.1. The van der Waals surface area contributed by atoms with Crippen LogP contribution < -0.4 is 5.32 Å². The first-order valence-electron chi connectivity index (χ1n) is 7.69. The van der Waals surface area contributed by atoms with Gasteiger partial charge in [-0.05, 0) is 30.9 Å². The van der Waals surface area contributed by atoms with Crippen molar-refractivity contribution in [2.75, 3.05) is 19.7 Å². The number of piperidine rings is 1. The summed E-state index contributed by atoms with van der Waals surface area (Å²) in [5.74, 6) is 0.341. The molecule has 1 aromatic heterocycles. The molecule has 0 saturated carbocycles. The minimum Gasteiger partial charge on any atom is -0.449 e. The predicted molar refractivity (Wildman–Crippen MR) is 82.5 cm³/mol. The maximum absolute atomic E-state index is 12.3. The molecular weight excluding hydrogens is 282 g/mol. The summed E-state index contributed by atoms with van der Waals surface area (Å²) in [5, 5.41) is 2.86. The third-order valence-corrected chi connectivity index (χ3v) is 3.58. The number of amides is 2. The zero-order chi connectivity index (χ0) is 15.9. The van der Waals surface area contributed by atoms with Gasteiger partial charge in [-0.2, -0.15) is 0 Å². The van der Waals surface area contributed by atoms with Crippen molar-refractivity contribution in [2.24, 2.45) is 5.92 Å². The van der Waals surface area contributed by atoms with Crippen LogP contribution in [0, 0.1) is 5.92 Å². The number of likely N-dealkylation sites (tertiary alicyclic amines) is 1. The fourth-order valence-corrected chi connectivity index (χ4v) is 2.35. The van der Waals surface area contributed by atoms with E-state index in [9.17, 15) is 9.59 Å². The minimum absolute atomic E-state index is 0.0169. The molecule has 1 aliphatic heterocycles. The Kier molecular flexibility index (Phi) is 5.75. The van der Waals surface area contributed by atoms with Gasteiger partial charge in [-0.15, -0.1) is 0 Å². The van der Waals surface area contributed by atoms with E-state index in [0.29, 0.717) is 31.2 Å². The third kappa shape index (κ3) is 4.72. The summed E-state index contributed by atoms with van der Waals surface area (Å²) in [7, 11) is 0. The van der Waals surface area contributed by atoms with Crippen molar-refractivity contribution in [3.05, 3.63) is 30.1 Å². The topological polar surface area (TPSA) is 71.5 Å². The van der Waals surface area contributed by atoms with E-state index in [4.69, 9.17) is 4.74 Å². The van der Waals surface area contributed by atoms with E-state index in [1.165, 1.54) is 0 Å². The molecule has 0 radical (unpaired) electrons. The molecule has 0 spiro atoms. The average Bonchev–Trinajstić information content (AvgIpc) is 2.54. The number of nitrogens with one attached hydrogen (secondary N) is 1. The molecule has 2 amide bonds. The van der Waals surface area contributed by atoms with Crippen molar-refractivity contribution in [1.29, 1.82) is 0 Å². The number of carbonyl (C=O) groups is 2. The molecule has 6 nitrogen and oxygen atoms in total.